The van der Waals surface area contributed by atoms with E-state index in [9.17, 15) is 9.59 Å². The molecule has 3 rings (SSSR count). The minimum atomic E-state index is -0.859. The van der Waals surface area contributed by atoms with Gasteiger partial charge in [-0.2, -0.15) is 0 Å². The van der Waals surface area contributed by atoms with Crippen molar-refractivity contribution >= 4 is 23.2 Å². The lowest BCUT2D eigenvalue weighted by Gasteiger charge is -2.15. The predicted molar refractivity (Wildman–Crippen MR) is 90.0 cm³/mol. The van der Waals surface area contributed by atoms with Gasteiger partial charge in [-0.15, -0.1) is 11.3 Å². The van der Waals surface area contributed by atoms with Gasteiger partial charge in [0.05, 0.1) is 18.4 Å². The molecule has 7 heteroatoms. The fraction of sp³-hybridized carbons (Fsp3) is 0.118. The van der Waals surface area contributed by atoms with Crippen LogP contribution in [0.4, 0.5) is 0 Å². The van der Waals surface area contributed by atoms with Gasteiger partial charge in [0.1, 0.15) is 6.04 Å². The number of nitrogens with zero attached hydrogens (tertiary/aromatic N) is 1. The maximum atomic E-state index is 12.2. The summed E-state index contributed by atoms with van der Waals surface area (Å²) < 4.78 is 5.28. The van der Waals surface area contributed by atoms with Gasteiger partial charge in [0.25, 0.3) is 0 Å². The Bertz CT molecular complexity index is 828. The summed E-state index contributed by atoms with van der Waals surface area (Å²) in [7, 11) is 0. The molecule has 0 aliphatic carbocycles. The van der Waals surface area contributed by atoms with E-state index in [2.05, 4.69) is 10.3 Å². The molecule has 3 N–H and O–H groups in total. The Kier molecular flexibility index (Phi) is 4.72. The van der Waals surface area contributed by atoms with Crippen LogP contribution in [-0.2, 0) is 16.0 Å². The number of nitrogens with two attached hydrogens (primary N) is 1. The third kappa shape index (κ3) is 3.69. The molecule has 0 aliphatic rings. The van der Waals surface area contributed by atoms with E-state index < -0.39 is 11.9 Å². The van der Waals surface area contributed by atoms with Crippen LogP contribution < -0.4 is 11.1 Å². The maximum Gasteiger partial charge on any atom is 0.244 e. The van der Waals surface area contributed by atoms with Crippen LogP contribution in [0.5, 0.6) is 0 Å². The van der Waals surface area contributed by atoms with Crippen molar-refractivity contribution in [3.8, 4) is 10.8 Å². The van der Waals surface area contributed by atoms with Gasteiger partial charge in [0.15, 0.2) is 10.8 Å². The zero-order valence-electron chi connectivity index (χ0n) is 12.6. The molecule has 0 saturated carbocycles. The van der Waals surface area contributed by atoms with Crippen LogP contribution >= 0.6 is 11.3 Å². The van der Waals surface area contributed by atoms with Crippen molar-refractivity contribution < 1.29 is 14.0 Å². The minimum Gasteiger partial charge on any atom is -0.462 e. The van der Waals surface area contributed by atoms with Crippen molar-refractivity contribution in [2.24, 2.45) is 5.73 Å². The van der Waals surface area contributed by atoms with Crippen molar-refractivity contribution in [2.45, 2.75) is 12.5 Å². The number of rotatable bonds is 6. The Morgan fingerprint density at radius 1 is 1.21 bits per heavy atom. The molecule has 0 fully saturated rings. The minimum absolute atomic E-state index is 0.0633. The van der Waals surface area contributed by atoms with Crippen LogP contribution in [0.3, 0.4) is 0 Å². The summed E-state index contributed by atoms with van der Waals surface area (Å²) in [5, 5.41) is 5.15. The number of thiazole rings is 1. The van der Waals surface area contributed by atoms with Crippen LogP contribution in [0.2, 0.25) is 0 Å². The lowest BCUT2D eigenvalue weighted by atomic mass is 10.1. The zero-order chi connectivity index (χ0) is 16.9. The first-order valence-corrected chi connectivity index (χ1v) is 8.13. The fourth-order valence-electron chi connectivity index (χ4n) is 2.24. The van der Waals surface area contributed by atoms with E-state index in [1.165, 1.54) is 11.3 Å². The molecule has 2 aromatic heterocycles. The third-order valence-electron chi connectivity index (χ3n) is 3.35. The molecule has 1 atom stereocenters. The summed E-state index contributed by atoms with van der Waals surface area (Å²) in [4.78, 5) is 28.2. The average Bonchev–Trinajstić information content (AvgIpc) is 3.24. The summed E-state index contributed by atoms with van der Waals surface area (Å²) in [5.41, 5.74) is 6.66. The molecule has 122 valence electrons. The van der Waals surface area contributed by atoms with E-state index in [1.807, 2.05) is 6.07 Å². The molecule has 0 aliphatic heterocycles. The Hall–Kier alpha value is -2.93. The molecule has 1 unspecified atom stereocenters. The highest BCUT2D eigenvalue weighted by Crippen LogP contribution is 2.24. The molecule has 0 bridgehead atoms. The van der Waals surface area contributed by atoms with Gasteiger partial charge in [-0.25, -0.2) is 4.98 Å². The lowest BCUT2D eigenvalue weighted by Crippen LogP contribution is -2.38. The van der Waals surface area contributed by atoms with E-state index in [1.54, 1.807) is 48.0 Å². The predicted octanol–water partition coefficient (Wildman–Crippen LogP) is 2.29. The molecule has 1 aromatic carbocycles. The molecule has 2 amide bonds. The first-order valence-electron chi connectivity index (χ1n) is 7.25. The van der Waals surface area contributed by atoms with E-state index in [-0.39, 0.29) is 12.3 Å². The second kappa shape index (κ2) is 7.10. The maximum absolute atomic E-state index is 12.2. The van der Waals surface area contributed by atoms with Crippen molar-refractivity contribution in [3.05, 3.63) is 65.4 Å². The topological polar surface area (TPSA) is 98.2 Å². The first-order chi connectivity index (χ1) is 11.6. The molecule has 3 aromatic rings. The second-order valence-corrected chi connectivity index (χ2v) is 5.97. The molecule has 2 heterocycles. The monoisotopic (exact) mass is 341 g/mol. The highest BCUT2D eigenvalue weighted by atomic mass is 32.1. The number of benzene rings is 1. The molecule has 0 radical (unpaired) electrons. The second-order valence-electron chi connectivity index (χ2n) is 5.11. The standard InChI is InChI=1S/C17H15N3O3S/c18-16(22)15(11-5-2-1-3-6-11)20-14(21)9-12-10-24-17(19-12)13-7-4-8-23-13/h1-8,10,15H,9H2,(H2,18,22)(H,20,21). The van der Waals surface area contributed by atoms with Gasteiger partial charge in [-0.1, -0.05) is 30.3 Å². The molecule has 0 spiro atoms. The van der Waals surface area contributed by atoms with Crippen LogP contribution in [0.1, 0.15) is 17.3 Å². The van der Waals surface area contributed by atoms with Gasteiger partial charge in [-0.3, -0.25) is 9.59 Å². The number of furan rings is 1. The Morgan fingerprint density at radius 2 is 2.00 bits per heavy atom. The summed E-state index contributed by atoms with van der Waals surface area (Å²) in [6.45, 7) is 0. The zero-order valence-corrected chi connectivity index (χ0v) is 13.5. The summed E-state index contributed by atoms with van der Waals surface area (Å²) in [6.07, 6.45) is 1.63. The largest absolute Gasteiger partial charge is 0.462 e. The Labute approximate surface area is 142 Å². The SMILES string of the molecule is NC(=O)C(NC(=O)Cc1csc(-c2ccco2)n1)c1ccccc1. The van der Waals surface area contributed by atoms with Gasteiger partial charge in [0, 0.05) is 5.38 Å². The van der Waals surface area contributed by atoms with Gasteiger partial charge in [0.2, 0.25) is 11.8 Å². The molecule has 24 heavy (non-hydrogen) atoms. The van der Waals surface area contributed by atoms with Gasteiger partial charge >= 0.3 is 0 Å². The fourth-order valence-corrected chi connectivity index (χ4v) is 3.03. The van der Waals surface area contributed by atoms with Crippen molar-refractivity contribution in [1.82, 2.24) is 10.3 Å². The molecular formula is C17H15N3O3S. The number of amides is 2. The lowest BCUT2D eigenvalue weighted by molar-refractivity contribution is -0.127. The number of carbonyl (C=O) groups excluding carboxylic acids is 2. The van der Waals surface area contributed by atoms with Crippen molar-refractivity contribution in [1.29, 1.82) is 0 Å². The average molecular weight is 341 g/mol. The number of hydrogen-bond acceptors (Lipinski definition) is 5. The normalized spacial score (nSPS) is 11.8. The number of nitrogens with one attached hydrogen (secondary N) is 1. The highest BCUT2D eigenvalue weighted by molar-refractivity contribution is 7.13. The first kappa shape index (κ1) is 15.9. The van der Waals surface area contributed by atoms with E-state index >= 15 is 0 Å². The summed E-state index contributed by atoms with van der Waals surface area (Å²) in [5.74, 6) is -0.269. The number of primary amides is 1. The number of aromatic nitrogens is 1. The Balaban J connectivity index is 1.67. The van der Waals surface area contributed by atoms with Crippen LogP contribution in [0.15, 0.2) is 58.5 Å². The highest BCUT2D eigenvalue weighted by Gasteiger charge is 2.20. The molecule has 6 nitrogen and oxygen atoms in total. The molecule has 0 saturated heterocycles. The Morgan fingerprint density at radius 3 is 2.67 bits per heavy atom. The van der Waals surface area contributed by atoms with Crippen molar-refractivity contribution in [3.63, 3.8) is 0 Å². The van der Waals surface area contributed by atoms with E-state index in [4.69, 9.17) is 10.2 Å². The summed E-state index contributed by atoms with van der Waals surface area (Å²) in [6, 6.07) is 11.6. The van der Waals surface area contributed by atoms with Crippen molar-refractivity contribution in [2.75, 3.05) is 0 Å². The van der Waals surface area contributed by atoms with Crippen LogP contribution in [0, 0.1) is 0 Å². The quantitative estimate of drug-likeness (QED) is 0.718. The van der Waals surface area contributed by atoms with Gasteiger partial charge < -0.3 is 15.5 Å². The van der Waals surface area contributed by atoms with E-state index in [0.29, 0.717) is 22.0 Å². The number of carbonyl (C=O) groups is 2. The van der Waals surface area contributed by atoms with Crippen LogP contribution in [0.25, 0.3) is 10.8 Å². The molecular weight excluding hydrogens is 326 g/mol. The van der Waals surface area contributed by atoms with Crippen LogP contribution in [-0.4, -0.2) is 16.8 Å². The third-order valence-corrected chi connectivity index (χ3v) is 4.25. The van der Waals surface area contributed by atoms with Gasteiger partial charge in [-0.05, 0) is 17.7 Å². The summed E-state index contributed by atoms with van der Waals surface area (Å²) >= 11 is 1.39. The van der Waals surface area contributed by atoms with E-state index in [0.717, 1.165) is 0 Å². The number of hydrogen-bond donors (Lipinski definition) is 2. The smallest absolute Gasteiger partial charge is 0.244 e.